The van der Waals surface area contributed by atoms with E-state index in [2.05, 4.69) is 11.8 Å². The van der Waals surface area contributed by atoms with Gasteiger partial charge in [-0.25, -0.2) is 4.79 Å². The molecule has 0 aliphatic rings. The Labute approximate surface area is 119 Å². The molecule has 0 heterocycles. The first-order valence-corrected chi connectivity index (χ1v) is 6.69. The van der Waals surface area contributed by atoms with Crippen molar-refractivity contribution in [3.8, 4) is 0 Å². The molecular weight excluding hydrogens is 264 g/mol. The minimum absolute atomic E-state index is 0.179. The van der Waals surface area contributed by atoms with Crippen molar-refractivity contribution >= 4 is 23.3 Å². The van der Waals surface area contributed by atoms with Crippen molar-refractivity contribution in [2.45, 2.75) is 19.9 Å². The van der Waals surface area contributed by atoms with Gasteiger partial charge in [0, 0.05) is 19.1 Å². The lowest BCUT2D eigenvalue weighted by Crippen LogP contribution is -2.41. The largest absolute Gasteiger partial charge is 0.478 e. The van der Waals surface area contributed by atoms with E-state index >= 15 is 0 Å². The zero-order chi connectivity index (χ0) is 14.6. The summed E-state index contributed by atoms with van der Waals surface area (Å²) in [5.74, 6) is -0.951. The number of rotatable bonds is 6. The van der Waals surface area contributed by atoms with E-state index in [9.17, 15) is 9.90 Å². The van der Waals surface area contributed by atoms with Gasteiger partial charge in [-0.05, 0) is 40.1 Å². The molecular formula is C14H21ClN2O2. The summed E-state index contributed by atoms with van der Waals surface area (Å²) in [5.41, 5.74) is 0.855. The maximum atomic E-state index is 11.3. The van der Waals surface area contributed by atoms with Gasteiger partial charge in [0.2, 0.25) is 0 Å². The smallest absolute Gasteiger partial charge is 0.337 e. The lowest BCUT2D eigenvalue weighted by atomic mass is 10.1. The van der Waals surface area contributed by atoms with Crippen LogP contribution in [0.4, 0.5) is 5.69 Å². The van der Waals surface area contributed by atoms with Crippen LogP contribution in [0.5, 0.6) is 0 Å². The van der Waals surface area contributed by atoms with Crippen LogP contribution in [0.3, 0.4) is 0 Å². The van der Waals surface area contributed by atoms with Crippen molar-refractivity contribution in [2.24, 2.45) is 0 Å². The second kappa shape index (κ2) is 6.78. The van der Waals surface area contributed by atoms with Gasteiger partial charge in [-0.2, -0.15) is 0 Å². The second-order valence-corrected chi connectivity index (χ2v) is 5.25. The Hall–Kier alpha value is -1.26. The van der Waals surface area contributed by atoms with Crippen LogP contribution in [0, 0.1) is 0 Å². The Balaban J connectivity index is 3.20. The van der Waals surface area contributed by atoms with Gasteiger partial charge in [0.05, 0.1) is 16.3 Å². The fourth-order valence-electron chi connectivity index (χ4n) is 2.30. The number of carboxylic acid groups (broad SMARTS) is 1. The molecule has 5 heteroatoms. The molecule has 1 unspecified atom stereocenters. The molecule has 4 nitrogen and oxygen atoms in total. The quantitative estimate of drug-likeness (QED) is 0.872. The summed E-state index contributed by atoms with van der Waals surface area (Å²) in [7, 11) is 3.99. The Kier molecular flexibility index (Phi) is 5.63. The highest BCUT2D eigenvalue weighted by Crippen LogP contribution is 2.31. The summed E-state index contributed by atoms with van der Waals surface area (Å²) < 4.78 is 0. The lowest BCUT2D eigenvalue weighted by Gasteiger charge is -2.33. The topological polar surface area (TPSA) is 43.8 Å². The summed E-state index contributed by atoms with van der Waals surface area (Å²) in [5, 5.41) is 9.78. The van der Waals surface area contributed by atoms with Gasteiger partial charge < -0.3 is 14.9 Å². The number of aromatic carboxylic acids is 1. The molecule has 0 saturated carbocycles. The maximum Gasteiger partial charge on any atom is 0.337 e. The predicted molar refractivity (Wildman–Crippen MR) is 79.4 cm³/mol. The average molecular weight is 285 g/mol. The second-order valence-electron chi connectivity index (χ2n) is 4.84. The third kappa shape index (κ3) is 3.85. The molecule has 106 valence electrons. The van der Waals surface area contributed by atoms with Gasteiger partial charge in [0.25, 0.3) is 0 Å². The summed E-state index contributed by atoms with van der Waals surface area (Å²) in [6.45, 7) is 5.61. The van der Waals surface area contributed by atoms with Crippen LogP contribution in [-0.2, 0) is 0 Å². The summed E-state index contributed by atoms with van der Waals surface area (Å²) in [6, 6.07) is 5.17. The number of nitrogens with zero attached hydrogens (tertiary/aromatic N) is 2. The molecule has 0 aliphatic heterocycles. The predicted octanol–water partition coefficient (Wildman–Crippen LogP) is 2.81. The standard InChI is InChI=1S/C14H21ClN2O2/c1-5-17(10(2)9-16(3)4)13-11(14(18)19)7-6-8-12(13)15/h6-8,10H,5,9H2,1-4H3,(H,18,19). The molecule has 0 amide bonds. The first kappa shape index (κ1) is 15.8. The van der Waals surface area contributed by atoms with Crippen molar-refractivity contribution in [2.75, 3.05) is 32.1 Å². The number of hydrogen-bond acceptors (Lipinski definition) is 3. The Morgan fingerprint density at radius 3 is 2.53 bits per heavy atom. The van der Waals surface area contributed by atoms with Crippen LogP contribution >= 0.6 is 11.6 Å². The summed E-state index contributed by atoms with van der Waals surface area (Å²) in [6.07, 6.45) is 0. The SMILES string of the molecule is CCN(c1c(Cl)cccc1C(=O)O)C(C)CN(C)C. The van der Waals surface area contributed by atoms with E-state index in [1.165, 1.54) is 0 Å². The van der Waals surface area contributed by atoms with E-state index in [1.807, 2.05) is 25.9 Å². The molecule has 0 aromatic heterocycles. The van der Waals surface area contributed by atoms with E-state index < -0.39 is 5.97 Å². The molecule has 0 fully saturated rings. The van der Waals surface area contributed by atoms with Crippen LogP contribution in [0.15, 0.2) is 18.2 Å². The normalized spacial score (nSPS) is 12.5. The number of carbonyl (C=O) groups is 1. The lowest BCUT2D eigenvalue weighted by molar-refractivity contribution is 0.0697. The number of para-hydroxylation sites is 1. The average Bonchev–Trinajstić information content (AvgIpc) is 2.30. The molecule has 1 aromatic carbocycles. The van der Waals surface area contributed by atoms with Crippen LogP contribution in [0.25, 0.3) is 0 Å². The molecule has 1 aromatic rings. The Bertz CT molecular complexity index is 449. The van der Waals surface area contributed by atoms with Crippen LogP contribution < -0.4 is 4.90 Å². The zero-order valence-corrected chi connectivity index (χ0v) is 12.6. The molecule has 0 aliphatic carbocycles. The molecule has 19 heavy (non-hydrogen) atoms. The van der Waals surface area contributed by atoms with Gasteiger partial charge in [-0.1, -0.05) is 17.7 Å². The highest BCUT2D eigenvalue weighted by Gasteiger charge is 2.22. The molecule has 1 N–H and O–H groups in total. The molecule has 1 rings (SSSR count). The van der Waals surface area contributed by atoms with Crippen LogP contribution in [0.2, 0.25) is 5.02 Å². The molecule has 0 saturated heterocycles. The Morgan fingerprint density at radius 1 is 1.42 bits per heavy atom. The summed E-state index contributed by atoms with van der Waals surface area (Å²) >= 11 is 6.21. The van der Waals surface area contributed by atoms with Crippen molar-refractivity contribution < 1.29 is 9.90 Å². The van der Waals surface area contributed by atoms with Crippen molar-refractivity contribution in [1.82, 2.24) is 4.90 Å². The number of hydrogen-bond donors (Lipinski definition) is 1. The van der Waals surface area contributed by atoms with Gasteiger partial charge in [-0.3, -0.25) is 0 Å². The van der Waals surface area contributed by atoms with Crippen molar-refractivity contribution in [3.63, 3.8) is 0 Å². The number of likely N-dealkylation sites (N-methyl/N-ethyl adjacent to an activating group) is 2. The third-order valence-electron chi connectivity index (χ3n) is 3.01. The number of benzene rings is 1. The van der Waals surface area contributed by atoms with E-state index in [0.717, 1.165) is 6.54 Å². The number of halogens is 1. The highest BCUT2D eigenvalue weighted by atomic mass is 35.5. The van der Waals surface area contributed by atoms with E-state index in [-0.39, 0.29) is 11.6 Å². The molecule has 1 atom stereocenters. The monoisotopic (exact) mass is 284 g/mol. The minimum atomic E-state index is -0.951. The fraction of sp³-hybridized carbons (Fsp3) is 0.500. The van der Waals surface area contributed by atoms with Gasteiger partial charge >= 0.3 is 5.97 Å². The number of anilines is 1. The van der Waals surface area contributed by atoms with E-state index in [0.29, 0.717) is 17.3 Å². The maximum absolute atomic E-state index is 11.3. The minimum Gasteiger partial charge on any atom is -0.478 e. The molecule has 0 spiro atoms. The van der Waals surface area contributed by atoms with Gasteiger partial charge in [0.15, 0.2) is 0 Å². The molecule has 0 bridgehead atoms. The van der Waals surface area contributed by atoms with Crippen LogP contribution in [-0.4, -0.2) is 49.2 Å². The summed E-state index contributed by atoms with van der Waals surface area (Å²) in [4.78, 5) is 15.5. The van der Waals surface area contributed by atoms with Gasteiger partial charge in [-0.15, -0.1) is 0 Å². The van der Waals surface area contributed by atoms with Crippen molar-refractivity contribution in [3.05, 3.63) is 28.8 Å². The first-order valence-electron chi connectivity index (χ1n) is 6.31. The van der Waals surface area contributed by atoms with E-state index in [1.54, 1.807) is 18.2 Å². The highest BCUT2D eigenvalue weighted by molar-refractivity contribution is 6.34. The number of carboxylic acids is 1. The third-order valence-corrected chi connectivity index (χ3v) is 3.31. The van der Waals surface area contributed by atoms with E-state index in [4.69, 9.17) is 11.6 Å². The van der Waals surface area contributed by atoms with Crippen molar-refractivity contribution in [1.29, 1.82) is 0 Å². The van der Waals surface area contributed by atoms with Crippen LogP contribution in [0.1, 0.15) is 24.2 Å². The first-order chi connectivity index (χ1) is 8.88. The van der Waals surface area contributed by atoms with Gasteiger partial charge in [0.1, 0.15) is 0 Å². The zero-order valence-electron chi connectivity index (χ0n) is 11.9. The molecule has 0 radical (unpaired) electrons. The fourth-order valence-corrected chi connectivity index (χ4v) is 2.58. The Morgan fingerprint density at radius 2 is 2.05 bits per heavy atom.